The number of amides is 2. The highest BCUT2D eigenvalue weighted by atomic mass is 35.5. The van der Waals surface area contributed by atoms with Crippen LogP contribution in [0.3, 0.4) is 0 Å². The Hall–Kier alpha value is -2.93. The predicted octanol–water partition coefficient (Wildman–Crippen LogP) is 4.25. The number of methoxy groups -OCH3 is 1. The highest BCUT2D eigenvalue weighted by Gasteiger charge is 2.34. The van der Waals surface area contributed by atoms with Crippen LogP contribution in [0.4, 0.5) is 11.4 Å². The Balaban J connectivity index is 1.69. The van der Waals surface area contributed by atoms with Gasteiger partial charge in [0.15, 0.2) is 6.10 Å². The van der Waals surface area contributed by atoms with Gasteiger partial charge in [-0.25, -0.2) is 0 Å². The van der Waals surface area contributed by atoms with Crippen LogP contribution in [0, 0.1) is 0 Å². The van der Waals surface area contributed by atoms with E-state index in [-0.39, 0.29) is 30.8 Å². The number of ether oxygens (including phenoxy) is 2. The summed E-state index contributed by atoms with van der Waals surface area (Å²) in [5.74, 6) is 0.875. The smallest absolute Gasteiger partial charge is 0.263 e. The fraction of sp³-hybridized carbons (Fsp3) is 0.417. The minimum absolute atomic E-state index is 0.0873. The number of anilines is 2. The number of nitrogens with one attached hydrogen (secondary N) is 2. The van der Waals surface area contributed by atoms with Gasteiger partial charge < -0.3 is 25.0 Å². The van der Waals surface area contributed by atoms with E-state index >= 15 is 0 Å². The Bertz CT molecular complexity index is 949. The second kappa shape index (κ2) is 11.1. The summed E-state index contributed by atoms with van der Waals surface area (Å²) >= 11 is 6.07. The number of carbonyl (C=O) groups is 2. The Labute approximate surface area is 194 Å². The molecule has 2 N–H and O–H groups in total. The normalized spacial score (nSPS) is 15.0. The van der Waals surface area contributed by atoms with Crippen molar-refractivity contribution in [2.45, 2.75) is 45.3 Å². The number of hydrogen-bond donors (Lipinski definition) is 2. The van der Waals surface area contributed by atoms with Gasteiger partial charge in [-0.3, -0.25) is 9.59 Å². The van der Waals surface area contributed by atoms with Crippen molar-refractivity contribution in [2.24, 2.45) is 0 Å². The maximum absolute atomic E-state index is 13.1. The molecule has 7 nitrogen and oxygen atoms in total. The molecule has 0 saturated heterocycles. The van der Waals surface area contributed by atoms with Gasteiger partial charge in [-0.2, -0.15) is 0 Å². The lowest BCUT2D eigenvalue weighted by atomic mass is 10.1. The van der Waals surface area contributed by atoms with E-state index < -0.39 is 6.10 Å². The molecule has 1 unspecified atom stereocenters. The molecule has 0 bridgehead atoms. The fourth-order valence-corrected chi connectivity index (χ4v) is 3.82. The van der Waals surface area contributed by atoms with Crippen LogP contribution in [0.25, 0.3) is 0 Å². The van der Waals surface area contributed by atoms with Crippen LogP contribution in [0.5, 0.6) is 11.5 Å². The molecule has 8 heteroatoms. The molecule has 3 rings (SSSR count). The fourth-order valence-electron chi connectivity index (χ4n) is 3.65. The van der Waals surface area contributed by atoms with Crippen LogP contribution in [0.1, 0.15) is 33.1 Å². The molecule has 0 aromatic heterocycles. The van der Waals surface area contributed by atoms with Crippen molar-refractivity contribution in [2.75, 3.05) is 30.4 Å². The number of halogens is 1. The van der Waals surface area contributed by atoms with Crippen molar-refractivity contribution < 1.29 is 19.1 Å². The summed E-state index contributed by atoms with van der Waals surface area (Å²) in [6.45, 7) is 4.62. The number of para-hydroxylation sites is 2. The Morgan fingerprint density at radius 2 is 1.97 bits per heavy atom. The molecule has 0 aliphatic carbocycles. The van der Waals surface area contributed by atoms with E-state index in [0.29, 0.717) is 28.8 Å². The van der Waals surface area contributed by atoms with Crippen molar-refractivity contribution in [3.8, 4) is 11.5 Å². The summed E-state index contributed by atoms with van der Waals surface area (Å²) < 4.78 is 11.3. The standard InChI is InChI=1S/C24H30ClN3O4/c1-4-17(5-2)27-24(30)22-15-28(19-8-6-7-9-21(19)32-22)23(29)12-13-26-18-14-16(25)10-11-20(18)31-3/h6-11,14,17,22,26H,4-5,12-13,15H2,1-3H3,(H,27,30). The second-order valence-electron chi connectivity index (χ2n) is 7.62. The molecule has 1 aliphatic rings. The van der Waals surface area contributed by atoms with Crippen LogP contribution in [0.15, 0.2) is 42.5 Å². The first kappa shape index (κ1) is 23.7. The van der Waals surface area contributed by atoms with E-state index in [9.17, 15) is 9.59 Å². The minimum Gasteiger partial charge on any atom is -0.495 e. The van der Waals surface area contributed by atoms with Crippen LogP contribution in [-0.4, -0.2) is 44.2 Å². The highest BCUT2D eigenvalue weighted by Crippen LogP contribution is 2.34. The Morgan fingerprint density at radius 1 is 1.22 bits per heavy atom. The summed E-state index contributed by atoms with van der Waals surface area (Å²) in [5, 5.41) is 6.80. The van der Waals surface area contributed by atoms with Crippen LogP contribution < -0.4 is 25.0 Å². The minimum atomic E-state index is -0.754. The van der Waals surface area contributed by atoms with E-state index in [1.807, 2.05) is 32.0 Å². The Kier molecular flexibility index (Phi) is 8.22. The number of nitrogens with zero attached hydrogens (tertiary/aromatic N) is 1. The Morgan fingerprint density at radius 3 is 2.69 bits per heavy atom. The molecule has 172 valence electrons. The van der Waals surface area contributed by atoms with Gasteiger partial charge in [0.1, 0.15) is 11.5 Å². The maximum atomic E-state index is 13.1. The highest BCUT2D eigenvalue weighted by molar-refractivity contribution is 6.30. The van der Waals surface area contributed by atoms with Gasteiger partial charge in [0.05, 0.1) is 25.0 Å². The molecular weight excluding hydrogens is 430 g/mol. The molecule has 2 amide bonds. The van der Waals surface area contributed by atoms with Crippen molar-refractivity contribution in [1.82, 2.24) is 5.32 Å². The van der Waals surface area contributed by atoms with Gasteiger partial charge in [-0.1, -0.05) is 37.6 Å². The zero-order valence-corrected chi connectivity index (χ0v) is 19.4. The van der Waals surface area contributed by atoms with E-state index in [1.165, 1.54) is 0 Å². The molecule has 0 fully saturated rings. The zero-order valence-electron chi connectivity index (χ0n) is 18.7. The van der Waals surface area contributed by atoms with Crippen LogP contribution in [0.2, 0.25) is 5.02 Å². The average Bonchev–Trinajstić information content (AvgIpc) is 2.81. The molecule has 0 spiro atoms. The molecule has 0 saturated carbocycles. The predicted molar refractivity (Wildman–Crippen MR) is 127 cm³/mol. The first-order chi connectivity index (χ1) is 15.5. The largest absolute Gasteiger partial charge is 0.495 e. The summed E-state index contributed by atoms with van der Waals surface area (Å²) in [4.78, 5) is 27.5. The van der Waals surface area contributed by atoms with Gasteiger partial charge in [0, 0.05) is 24.0 Å². The van der Waals surface area contributed by atoms with Gasteiger partial charge in [0.2, 0.25) is 5.91 Å². The van der Waals surface area contributed by atoms with E-state index in [2.05, 4.69) is 10.6 Å². The second-order valence-corrected chi connectivity index (χ2v) is 8.06. The summed E-state index contributed by atoms with van der Waals surface area (Å²) in [7, 11) is 1.58. The molecule has 2 aromatic carbocycles. The summed E-state index contributed by atoms with van der Waals surface area (Å²) in [6, 6.07) is 12.6. The average molecular weight is 460 g/mol. The molecule has 2 aromatic rings. The summed E-state index contributed by atoms with van der Waals surface area (Å²) in [5.41, 5.74) is 1.39. The van der Waals surface area contributed by atoms with E-state index in [4.69, 9.17) is 21.1 Å². The third-order valence-electron chi connectivity index (χ3n) is 5.51. The first-order valence-electron chi connectivity index (χ1n) is 10.9. The van der Waals surface area contributed by atoms with Crippen LogP contribution in [-0.2, 0) is 9.59 Å². The van der Waals surface area contributed by atoms with Gasteiger partial charge >= 0.3 is 0 Å². The SMILES string of the molecule is CCC(CC)NC(=O)C1CN(C(=O)CCNc2cc(Cl)ccc2OC)c2ccccc2O1. The lowest BCUT2D eigenvalue weighted by Gasteiger charge is -2.35. The van der Waals surface area contributed by atoms with E-state index in [1.54, 1.807) is 36.3 Å². The van der Waals surface area contributed by atoms with Crippen LogP contribution >= 0.6 is 11.6 Å². The maximum Gasteiger partial charge on any atom is 0.263 e. The number of rotatable bonds is 9. The third kappa shape index (κ3) is 5.65. The molecule has 32 heavy (non-hydrogen) atoms. The quantitative estimate of drug-likeness (QED) is 0.586. The lowest BCUT2D eigenvalue weighted by Crippen LogP contribution is -2.52. The lowest BCUT2D eigenvalue weighted by molar-refractivity contribution is -0.129. The number of carbonyl (C=O) groups excluding carboxylic acids is 2. The molecule has 1 atom stereocenters. The monoisotopic (exact) mass is 459 g/mol. The number of benzene rings is 2. The van der Waals surface area contributed by atoms with Crippen molar-refractivity contribution in [3.05, 3.63) is 47.5 Å². The number of fused-ring (bicyclic) bond motifs is 1. The first-order valence-corrected chi connectivity index (χ1v) is 11.3. The topological polar surface area (TPSA) is 79.9 Å². The van der Waals surface area contributed by atoms with E-state index in [0.717, 1.165) is 18.5 Å². The molecular formula is C24H30ClN3O4. The third-order valence-corrected chi connectivity index (χ3v) is 5.75. The van der Waals surface area contributed by atoms with Gasteiger partial charge in [0.25, 0.3) is 5.91 Å². The zero-order chi connectivity index (χ0) is 23.1. The molecule has 1 aliphatic heterocycles. The van der Waals surface area contributed by atoms with Crippen molar-refractivity contribution in [3.63, 3.8) is 0 Å². The molecule has 1 heterocycles. The molecule has 0 radical (unpaired) electrons. The number of hydrogen-bond acceptors (Lipinski definition) is 5. The summed E-state index contributed by atoms with van der Waals surface area (Å²) in [6.07, 6.45) is 1.15. The van der Waals surface area contributed by atoms with Gasteiger partial charge in [-0.15, -0.1) is 0 Å². The van der Waals surface area contributed by atoms with Crippen molar-refractivity contribution >= 4 is 34.8 Å². The van der Waals surface area contributed by atoms with Gasteiger partial charge in [-0.05, 0) is 43.2 Å². The van der Waals surface area contributed by atoms with Crippen molar-refractivity contribution in [1.29, 1.82) is 0 Å².